The molecule has 1 N–H and O–H groups in total. The number of pyridine rings is 2. The third kappa shape index (κ3) is 2.29. The van der Waals surface area contributed by atoms with E-state index in [9.17, 15) is 14.7 Å². The Bertz CT molecular complexity index is 870. The van der Waals surface area contributed by atoms with Gasteiger partial charge in [0.15, 0.2) is 12.0 Å². The number of hydrogen-bond acceptors (Lipinski definition) is 4. The maximum atomic E-state index is 12.4. The molecule has 0 fully saturated rings. The zero-order chi connectivity index (χ0) is 14.8. The van der Waals surface area contributed by atoms with Crippen molar-refractivity contribution in [1.82, 2.24) is 9.55 Å². The lowest BCUT2D eigenvalue weighted by atomic mass is 10.1. The Hall–Kier alpha value is -2.95. The number of benzene rings is 1. The molecule has 0 bridgehead atoms. The summed E-state index contributed by atoms with van der Waals surface area (Å²) >= 11 is 0. The molecule has 0 aliphatic carbocycles. The van der Waals surface area contributed by atoms with Gasteiger partial charge in [-0.15, -0.1) is 0 Å². The zero-order valence-electron chi connectivity index (χ0n) is 11.1. The normalized spacial score (nSPS) is 10.7. The molecule has 0 unspecified atom stereocenters. The highest BCUT2D eigenvalue weighted by molar-refractivity contribution is 5.93. The SMILES string of the molecule is O=Cc1ncc2c(=O)n(Cc3ccccc3)ccc2c1O. The van der Waals surface area contributed by atoms with Crippen molar-refractivity contribution < 1.29 is 9.90 Å². The van der Waals surface area contributed by atoms with Gasteiger partial charge in [-0.25, -0.2) is 4.98 Å². The molecule has 21 heavy (non-hydrogen) atoms. The van der Waals surface area contributed by atoms with Crippen LogP contribution in [0, 0.1) is 0 Å². The van der Waals surface area contributed by atoms with Gasteiger partial charge >= 0.3 is 0 Å². The Kier molecular flexibility index (Phi) is 3.23. The lowest BCUT2D eigenvalue weighted by molar-refractivity contribution is 0.111. The minimum absolute atomic E-state index is 0.0669. The number of aromatic nitrogens is 2. The van der Waals surface area contributed by atoms with E-state index in [1.165, 1.54) is 6.20 Å². The second-order valence-corrected chi connectivity index (χ2v) is 4.67. The number of carbonyl (C=O) groups is 1. The van der Waals surface area contributed by atoms with Crippen molar-refractivity contribution in [3.8, 4) is 5.75 Å². The molecule has 0 saturated heterocycles. The fraction of sp³-hybridized carbons (Fsp3) is 0.0625. The quantitative estimate of drug-likeness (QED) is 0.744. The number of rotatable bonds is 3. The summed E-state index contributed by atoms with van der Waals surface area (Å²) in [5.74, 6) is -0.258. The van der Waals surface area contributed by atoms with Gasteiger partial charge in [0.05, 0.1) is 11.9 Å². The summed E-state index contributed by atoms with van der Waals surface area (Å²) in [6.07, 6.45) is 3.39. The zero-order valence-corrected chi connectivity index (χ0v) is 11.1. The van der Waals surface area contributed by atoms with Crippen LogP contribution in [-0.4, -0.2) is 20.9 Å². The summed E-state index contributed by atoms with van der Waals surface area (Å²) in [6.45, 7) is 0.436. The molecule has 2 heterocycles. The summed E-state index contributed by atoms with van der Waals surface area (Å²) in [6, 6.07) is 11.2. The topological polar surface area (TPSA) is 72.2 Å². The van der Waals surface area contributed by atoms with Crippen LogP contribution in [0.25, 0.3) is 10.8 Å². The predicted molar refractivity (Wildman–Crippen MR) is 78.6 cm³/mol. The van der Waals surface area contributed by atoms with E-state index >= 15 is 0 Å². The van der Waals surface area contributed by atoms with E-state index in [2.05, 4.69) is 4.98 Å². The monoisotopic (exact) mass is 280 g/mol. The first-order chi connectivity index (χ1) is 10.2. The van der Waals surface area contributed by atoms with Crippen LogP contribution < -0.4 is 5.56 Å². The van der Waals surface area contributed by atoms with Crippen molar-refractivity contribution in [2.24, 2.45) is 0 Å². The predicted octanol–water partition coefficient (Wildman–Crippen LogP) is 1.96. The van der Waals surface area contributed by atoms with Crippen LogP contribution in [0.15, 0.2) is 53.6 Å². The van der Waals surface area contributed by atoms with E-state index in [-0.39, 0.29) is 22.4 Å². The third-order valence-corrected chi connectivity index (χ3v) is 3.34. The molecule has 104 valence electrons. The third-order valence-electron chi connectivity index (χ3n) is 3.34. The fourth-order valence-corrected chi connectivity index (χ4v) is 2.25. The van der Waals surface area contributed by atoms with Crippen LogP contribution in [0.1, 0.15) is 16.1 Å². The Morgan fingerprint density at radius 3 is 2.62 bits per heavy atom. The highest BCUT2D eigenvalue weighted by Gasteiger charge is 2.11. The molecule has 0 amide bonds. The summed E-state index contributed by atoms with van der Waals surface area (Å²) in [5.41, 5.74) is 0.681. The van der Waals surface area contributed by atoms with E-state index in [4.69, 9.17) is 0 Å². The molecule has 2 aromatic heterocycles. The van der Waals surface area contributed by atoms with Gasteiger partial charge in [0.2, 0.25) is 0 Å². The summed E-state index contributed by atoms with van der Waals surface area (Å²) < 4.78 is 1.54. The fourth-order valence-electron chi connectivity index (χ4n) is 2.25. The molecular formula is C16H12N2O3. The Labute approximate surface area is 120 Å². The van der Waals surface area contributed by atoms with Crippen molar-refractivity contribution in [1.29, 1.82) is 0 Å². The largest absolute Gasteiger partial charge is 0.505 e. The second-order valence-electron chi connectivity index (χ2n) is 4.67. The molecule has 0 spiro atoms. The van der Waals surface area contributed by atoms with Crippen LogP contribution in [0.3, 0.4) is 0 Å². The molecule has 0 aliphatic rings. The first kappa shape index (κ1) is 13.1. The van der Waals surface area contributed by atoms with Gasteiger partial charge in [0.1, 0.15) is 5.69 Å². The first-order valence-corrected chi connectivity index (χ1v) is 6.41. The lowest BCUT2D eigenvalue weighted by Crippen LogP contribution is -2.20. The summed E-state index contributed by atoms with van der Waals surface area (Å²) in [5, 5.41) is 10.5. The highest BCUT2D eigenvalue weighted by Crippen LogP contribution is 2.23. The van der Waals surface area contributed by atoms with E-state index in [1.807, 2.05) is 30.3 Å². The van der Waals surface area contributed by atoms with Crippen molar-refractivity contribution >= 4 is 17.1 Å². The number of carbonyl (C=O) groups excluding carboxylic acids is 1. The number of hydrogen-bond donors (Lipinski definition) is 1. The standard InChI is InChI=1S/C16H12N2O3/c19-10-14-15(20)12-6-7-18(16(21)13(12)8-17-14)9-11-4-2-1-3-5-11/h1-8,10,20H,9H2. The smallest absolute Gasteiger partial charge is 0.260 e. The minimum Gasteiger partial charge on any atom is -0.505 e. The molecule has 3 rings (SSSR count). The molecular weight excluding hydrogens is 268 g/mol. The molecule has 0 radical (unpaired) electrons. The molecule has 0 saturated carbocycles. The van der Waals surface area contributed by atoms with E-state index < -0.39 is 0 Å². The van der Waals surface area contributed by atoms with Gasteiger partial charge < -0.3 is 9.67 Å². The Balaban J connectivity index is 2.13. The number of aldehydes is 1. The maximum Gasteiger partial charge on any atom is 0.260 e. The number of aromatic hydroxyl groups is 1. The molecule has 0 aliphatic heterocycles. The summed E-state index contributed by atoms with van der Waals surface area (Å²) in [4.78, 5) is 27.0. The minimum atomic E-state index is -0.258. The van der Waals surface area contributed by atoms with Crippen LogP contribution in [0.2, 0.25) is 0 Å². The van der Waals surface area contributed by atoms with Crippen molar-refractivity contribution in [2.45, 2.75) is 6.54 Å². The number of nitrogens with zero attached hydrogens (tertiary/aromatic N) is 2. The highest BCUT2D eigenvalue weighted by atomic mass is 16.3. The van der Waals surface area contributed by atoms with Crippen LogP contribution in [-0.2, 0) is 6.54 Å². The van der Waals surface area contributed by atoms with E-state index in [1.54, 1.807) is 16.8 Å². The van der Waals surface area contributed by atoms with Crippen molar-refractivity contribution in [3.05, 3.63) is 70.4 Å². The molecule has 0 atom stereocenters. The Morgan fingerprint density at radius 2 is 1.90 bits per heavy atom. The van der Waals surface area contributed by atoms with Gasteiger partial charge in [-0.3, -0.25) is 9.59 Å². The second kappa shape index (κ2) is 5.20. The van der Waals surface area contributed by atoms with Crippen LogP contribution >= 0.6 is 0 Å². The van der Waals surface area contributed by atoms with Gasteiger partial charge in [-0.2, -0.15) is 0 Å². The Morgan fingerprint density at radius 1 is 1.14 bits per heavy atom. The van der Waals surface area contributed by atoms with Crippen LogP contribution in [0.4, 0.5) is 0 Å². The van der Waals surface area contributed by atoms with Gasteiger partial charge in [-0.1, -0.05) is 30.3 Å². The van der Waals surface area contributed by atoms with Crippen molar-refractivity contribution in [2.75, 3.05) is 0 Å². The molecule has 3 aromatic rings. The molecule has 5 heteroatoms. The molecule has 5 nitrogen and oxygen atoms in total. The average molecular weight is 280 g/mol. The number of fused-ring (bicyclic) bond motifs is 1. The maximum absolute atomic E-state index is 12.4. The van der Waals surface area contributed by atoms with Gasteiger partial charge in [-0.05, 0) is 11.6 Å². The van der Waals surface area contributed by atoms with E-state index in [0.29, 0.717) is 18.2 Å². The summed E-state index contributed by atoms with van der Waals surface area (Å²) in [7, 11) is 0. The average Bonchev–Trinajstić information content (AvgIpc) is 2.52. The van der Waals surface area contributed by atoms with E-state index in [0.717, 1.165) is 5.56 Å². The van der Waals surface area contributed by atoms with Crippen molar-refractivity contribution in [3.63, 3.8) is 0 Å². The van der Waals surface area contributed by atoms with Gasteiger partial charge in [0, 0.05) is 17.8 Å². The van der Waals surface area contributed by atoms with Gasteiger partial charge in [0.25, 0.3) is 5.56 Å². The first-order valence-electron chi connectivity index (χ1n) is 6.41. The molecule has 1 aromatic carbocycles. The lowest BCUT2D eigenvalue weighted by Gasteiger charge is -2.08. The van der Waals surface area contributed by atoms with Crippen LogP contribution in [0.5, 0.6) is 5.75 Å².